The second-order valence-corrected chi connectivity index (χ2v) is 4.35. The second kappa shape index (κ2) is 5.06. The Bertz CT molecular complexity index is 529. The van der Waals surface area contributed by atoms with E-state index in [1.165, 1.54) is 0 Å². The summed E-state index contributed by atoms with van der Waals surface area (Å²) in [6, 6.07) is 7.85. The fourth-order valence-electron chi connectivity index (χ4n) is 1.83. The van der Waals surface area contributed by atoms with E-state index < -0.39 is 0 Å². The molecule has 2 N–H and O–H groups in total. The topological polar surface area (TPSA) is 56.0 Å². The van der Waals surface area contributed by atoms with Crippen LogP contribution in [0.1, 0.15) is 30.1 Å². The molecule has 1 unspecified atom stereocenters. The van der Waals surface area contributed by atoms with Gasteiger partial charge in [0.2, 0.25) is 0 Å². The van der Waals surface area contributed by atoms with Gasteiger partial charge in [0.15, 0.2) is 5.78 Å². The van der Waals surface area contributed by atoms with Crippen LogP contribution in [0.3, 0.4) is 0 Å². The summed E-state index contributed by atoms with van der Waals surface area (Å²) < 4.78 is 0. The normalized spacial score (nSPS) is 12.6. The van der Waals surface area contributed by atoms with Crippen molar-refractivity contribution in [3.05, 3.63) is 42.2 Å². The molecule has 1 aromatic carbocycles. The minimum absolute atomic E-state index is 0.0573. The molecular weight excluding hydrogens is 212 g/mol. The maximum absolute atomic E-state index is 12.1. The van der Waals surface area contributed by atoms with E-state index >= 15 is 0 Å². The summed E-state index contributed by atoms with van der Waals surface area (Å²) in [5.74, 6) is 0.117. The average Bonchev–Trinajstić information content (AvgIpc) is 2.35. The van der Waals surface area contributed by atoms with Crippen LogP contribution in [-0.2, 0) is 0 Å². The molecule has 2 rings (SSSR count). The number of hydrogen-bond donors (Lipinski definition) is 1. The first-order valence-corrected chi connectivity index (χ1v) is 5.80. The van der Waals surface area contributed by atoms with E-state index in [-0.39, 0.29) is 11.8 Å². The lowest BCUT2D eigenvalue weighted by atomic mass is 10.0. The molecule has 0 saturated heterocycles. The number of aromatic nitrogens is 1. The van der Waals surface area contributed by atoms with Gasteiger partial charge in [-0.1, -0.05) is 24.3 Å². The van der Waals surface area contributed by atoms with Gasteiger partial charge in [0.25, 0.3) is 0 Å². The Morgan fingerprint density at radius 2 is 2.12 bits per heavy atom. The number of nitrogens with two attached hydrogens (primary N) is 1. The third-order valence-corrected chi connectivity index (χ3v) is 2.80. The standard InChI is InChI=1S/C14H16N2O/c1-10(15)6-7-14(17)13-9-16-8-11-4-2-3-5-12(11)13/h2-5,8-10H,6-7,15H2,1H3. The van der Waals surface area contributed by atoms with Crippen molar-refractivity contribution in [1.29, 1.82) is 0 Å². The van der Waals surface area contributed by atoms with Crippen LogP contribution in [0.4, 0.5) is 0 Å². The van der Waals surface area contributed by atoms with Crippen molar-refractivity contribution >= 4 is 16.6 Å². The van der Waals surface area contributed by atoms with Crippen LogP contribution in [0.2, 0.25) is 0 Å². The summed E-state index contributed by atoms with van der Waals surface area (Å²) in [5, 5.41) is 1.97. The molecule has 2 aromatic rings. The lowest BCUT2D eigenvalue weighted by molar-refractivity contribution is 0.0979. The number of carbonyl (C=O) groups is 1. The third kappa shape index (κ3) is 2.68. The largest absolute Gasteiger partial charge is 0.328 e. The van der Waals surface area contributed by atoms with Crippen molar-refractivity contribution in [2.24, 2.45) is 5.73 Å². The highest BCUT2D eigenvalue weighted by Crippen LogP contribution is 2.18. The van der Waals surface area contributed by atoms with Gasteiger partial charge in [0.05, 0.1) is 0 Å². The van der Waals surface area contributed by atoms with E-state index in [9.17, 15) is 4.79 Å². The second-order valence-electron chi connectivity index (χ2n) is 4.35. The number of carbonyl (C=O) groups excluding carboxylic acids is 1. The molecule has 0 bridgehead atoms. The molecule has 0 fully saturated rings. The molecule has 17 heavy (non-hydrogen) atoms. The smallest absolute Gasteiger partial charge is 0.165 e. The van der Waals surface area contributed by atoms with Gasteiger partial charge >= 0.3 is 0 Å². The number of nitrogens with zero attached hydrogens (tertiary/aromatic N) is 1. The Morgan fingerprint density at radius 3 is 2.88 bits per heavy atom. The Kier molecular flexibility index (Phi) is 3.49. The summed E-state index contributed by atoms with van der Waals surface area (Å²) in [7, 11) is 0. The van der Waals surface area contributed by atoms with Gasteiger partial charge in [0.1, 0.15) is 0 Å². The summed E-state index contributed by atoms with van der Waals surface area (Å²) in [4.78, 5) is 16.2. The molecular formula is C14H16N2O. The van der Waals surface area contributed by atoms with Crippen molar-refractivity contribution in [3.63, 3.8) is 0 Å². The van der Waals surface area contributed by atoms with E-state index in [1.54, 1.807) is 12.4 Å². The van der Waals surface area contributed by atoms with Gasteiger partial charge in [-0.05, 0) is 18.7 Å². The van der Waals surface area contributed by atoms with E-state index in [0.717, 1.165) is 10.8 Å². The zero-order chi connectivity index (χ0) is 12.3. The summed E-state index contributed by atoms with van der Waals surface area (Å²) in [6.45, 7) is 1.91. The summed E-state index contributed by atoms with van der Waals surface area (Å²) in [5.41, 5.74) is 6.36. The first-order valence-electron chi connectivity index (χ1n) is 5.80. The first-order chi connectivity index (χ1) is 8.18. The van der Waals surface area contributed by atoms with E-state index in [0.29, 0.717) is 18.4 Å². The van der Waals surface area contributed by atoms with Crippen LogP contribution in [0, 0.1) is 0 Å². The SMILES string of the molecule is CC(N)CCC(=O)c1cncc2ccccc12. The Balaban J connectivity index is 2.32. The van der Waals surface area contributed by atoms with Crippen molar-refractivity contribution in [2.75, 3.05) is 0 Å². The zero-order valence-electron chi connectivity index (χ0n) is 9.89. The maximum atomic E-state index is 12.1. The predicted molar refractivity (Wildman–Crippen MR) is 69.0 cm³/mol. The molecule has 1 aromatic heterocycles. The molecule has 0 amide bonds. The van der Waals surface area contributed by atoms with Crippen LogP contribution in [0.25, 0.3) is 10.8 Å². The monoisotopic (exact) mass is 228 g/mol. The first kappa shape index (κ1) is 11.7. The number of pyridine rings is 1. The van der Waals surface area contributed by atoms with Crippen LogP contribution in [-0.4, -0.2) is 16.8 Å². The number of benzene rings is 1. The van der Waals surface area contributed by atoms with Crippen molar-refractivity contribution in [1.82, 2.24) is 4.98 Å². The molecule has 0 saturated carbocycles. The lowest BCUT2D eigenvalue weighted by Gasteiger charge is -2.06. The molecule has 3 nitrogen and oxygen atoms in total. The lowest BCUT2D eigenvalue weighted by Crippen LogP contribution is -2.16. The van der Waals surface area contributed by atoms with Gasteiger partial charge in [-0.15, -0.1) is 0 Å². The molecule has 0 aliphatic heterocycles. The Labute approximate surface area is 101 Å². The van der Waals surface area contributed by atoms with Crippen LogP contribution in [0.5, 0.6) is 0 Å². The highest BCUT2D eigenvalue weighted by molar-refractivity contribution is 6.07. The van der Waals surface area contributed by atoms with E-state index in [1.807, 2.05) is 31.2 Å². The fraction of sp³-hybridized carbons (Fsp3) is 0.286. The summed E-state index contributed by atoms with van der Waals surface area (Å²) in [6.07, 6.45) is 4.61. The molecule has 0 aliphatic carbocycles. The van der Waals surface area contributed by atoms with Crippen LogP contribution in [0.15, 0.2) is 36.7 Å². The highest BCUT2D eigenvalue weighted by atomic mass is 16.1. The summed E-state index contributed by atoms with van der Waals surface area (Å²) >= 11 is 0. The number of fused-ring (bicyclic) bond motifs is 1. The Morgan fingerprint density at radius 1 is 1.35 bits per heavy atom. The number of hydrogen-bond acceptors (Lipinski definition) is 3. The van der Waals surface area contributed by atoms with Gasteiger partial charge in [-0.2, -0.15) is 0 Å². The highest BCUT2D eigenvalue weighted by Gasteiger charge is 2.10. The van der Waals surface area contributed by atoms with Crippen molar-refractivity contribution in [3.8, 4) is 0 Å². The van der Waals surface area contributed by atoms with Crippen molar-refractivity contribution in [2.45, 2.75) is 25.8 Å². The Hall–Kier alpha value is -1.74. The van der Waals surface area contributed by atoms with Gasteiger partial charge in [0, 0.05) is 35.8 Å². The maximum Gasteiger partial charge on any atom is 0.165 e. The van der Waals surface area contributed by atoms with Crippen LogP contribution < -0.4 is 5.73 Å². The zero-order valence-corrected chi connectivity index (χ0v) is 9.89. The minimum atomic E-state index is 0.0573. The number of rotatable bonds is 4. The molecule has 1 atom stereocenters. The molecule has 0 radical (unpaired) electrons. The molecule has 88 valence electrons. The van der Waals surface area contributed by atoms with Gasteiger partial charge in [-0.3, -0.25) is 9.78 Å². The number of ketones is 1. The minimum Gasteiger partial charge on any atom is -0.328 e. The van der Waals surface area contributed by atoms with Gasteiger partial charge < -0.3 is 5.73 Å². The quantitative estimate of drug-likeness (QED) is 0.818. The average molecular weight is 228 g/mol. The van der Waals surface area contributed by atoms with E-state index in [2.05, 4.69) is 4.98 Å². The predicted octanol–water partition coefficient (Wildman–Crippen LogP) is 2.54. The molecule has 3 heteroatoms. The van der Waals surface area contributed by atoms with Crippen LogP contribution >= 0.6 is 0 Å². The fourth-order valence-corrected chi connectivity index (χ4v) is 1.83. The molecule has 0 spiro atoms. The van der Waals surface area contributed by atoms with Gasteiger partial charge in [-0.25, -0.2) is 0 Å². The third-order valence-electron chi connectivity index (χ3n) is 2.80. The van der Waals surface area contributed by atoms with Crippen molar-refractivity contribution < 1.29 is 4.79 Å². The number of Topliss-reactive ketones (excluding diaryl/α,β-unsaturated/α-hetero) is 1. The molecule has 0 aliphatic rings. The van der Waals surface area contributed by atoms with E-state index in [4.69, 9.17) is 5.73 Å². The molecule has 1 heterocycles.